The van der Waals surface area contributed by atoms with Gasteiger partial charge in [-0.05, 0) is 12.2 Å². The Hall–Kier alpha value is -1.05. The number of alkyl halides is 1. The molecule has 2 unspecified atom stereocenters. The summed E-state index contributed by atoms with van der Waals surface area (Å²) in [6.45, 7) is 0.171. The number of Topliss-reactive ketones (excluding diaryl/α,β-unsaturated/α-hetero) is 1. The zero-order valence-electron chi connectivity index (χ0n) is 8.25. The van der Waals surface area contributed by atoms with Gasteiger partial charge in [0.25, 0.3) is 0 Å². The highest BCUT2D eigenvalue weighted by Gasteiger charge is 2.25. The van der Waals surface area contributed by atoms with Crippen molar-refractivity contribution < 1.29 is 9.18 Å². The lowest BCUT2D eigenvalue weighted by molar-refractivity contribution is -0.122. The van der Waals surface area contributed by atoms with E-state index in [2.05, 4.69) is 32.7 Å². The third-order valence-corrected chi connectivity index (χ3v) is 3.41. The number of rotatable bonds is 3. The molecule has 1 aromatic rings. The molecule has 0 spiro atoms. The van der Waals surface area contributed by atoms with Gasteiger partial charge in [-0.1, -0.05) is 28.7 Å². The van der Waals surface area contributed by atoms with Gasteiger partial charge in [0.05, 0.1) is 5.92 Å². The molecule has 1 aliphatic carbocycles. The molecule has 1 heterocycles. The van der Waals surface area contributed by atoms with E-state index < -0.39 is 0 Å². The standard InChI is InChI=1S/C10H9FIN3O/c11-7-1-2-8(9(12)3-7)10(16)4-15-6-13-5-14-15/h1-3,5-6,8-9H,4H2. The maximum Gasteiger partial charge on any atom is 0.162 e. The van der Waals surface area contributed by atoms with Gasteiger partial charge in [-0.15, -0.1) is 0 Å². The predicted molar refractivity (Wildman–Crippen MR) is 64.7 cm³/mol. The SMILES string of the molecule is O=C(Cn1cncn1)C1C=CC(F)=CC1I. The first kappa shape index (κ1) is 11.4. The van der Waals surface area contributed by atoms with Crippen LogP contribution in [0.1, 0.15) is 0 Å². The van der Waals surface area contributed by atoms with Gasteiger partial charge < -0.3 is 0 Å². The fourth-order valence-corrected chi connectivity index (χ4v) is 2.46. The summed E-state index contributed by atoms with van der Waals surface area (Å²) in [5.74, 6) is -0.571. The molecule has 0 saturated carbocycles. The summed E-state index contributed by atoms with van der Waals surface area (Å²) in [6.07, 6.45) is 7.25. The van der Waals surface area contributed by atoms with Crippen LogP contribution in [-0.2, 0) is 11.3 Å². The molecule has 84 valence electrons. The molecule has 0 amide bonds. The van der Waals surface area contributed by atoms with E-state index in [4.69, 9.17) is 0 Å². The molecule has 0 N–H and O–H groups in total. The Bertz CT molecular complexity index is 441. The van der Waals surface area contributed by atoms with E-state index >= 15 is 0 Å². The van der Waals surface area contributed by atoms with Crippen LogP contribution in [0.25, 0.3) is 0 Å². The van der Waals surface area contributed by atoms with Crippen LogP contribution in [0, 0.1) is 5.92 Å². The van der Waals surface area contributed by atoms with E-state index in [1.54, 1.807) is 6.08 Å². The minimum atomic E-state index is -0.288. The molecule has 16 heavy (non-hydrogen) atoms. The average Bonchev–Trinajstić information content (AvgIpc) is 2.70. The highest BCUT2D eigenvalue weighted by molar-refractivity contribution is 14.1. The minimum absolute atomic E-state index is 0.00454. The summed E-state index contributed by atoms with van der Waals surface area (Å²) in [6, 6.07) is 0. The molecule has 0 saturated heterocycles. The lowest BCUT2D eigenvalue weighted by Gasteiger charge is -2.18. The fraction of sp³-hybridized carbons (Fsp3) is 0.300. The van der Waals surface area contributed by atoms with Gasteiger partial charge in [0.15, 0.2) is 5.78 Å². The van der Waals surface area contributed by atoms with Crippen molar-refractivity contribution in [2.24, 2.45) is 5.92 Å². The van der Waals surface area contributed by atoms with Crippen LogP contribution in [0.2, 0.25) is 0 Å². The lowest BCUT2D eigenvalue weighted by atomic mass is 9.96. The number of halogens is 2. The number of nitrogens with zero attached hydrogens (tertiary/aromatic N) is 3. The van der Waals surface area contributed by atoms with Crippen LogP contribution < -0.4 is 0 Å². The number of carbonyl (C=O) groups is 1. The molecular weight excluding hydrogens is 324 g/mol. The van der Waals surface area contributed by atoms with Crippen molar-refractivity contribution >= 4 is 28.4 Å². The zero-order valence-corrected chi connectivity index (χ0v) is 10.4. The van der Waals surface area contributed by atoms with Gasteiger partial charge in [-0.3, -0.25) is 4.79 Å². The van der Waals surface area contributed by atoms with Crippen LogP contribution in [-0.4, -0.2) is 24.5 Å². The van der Waals surface area contributed by atoms with Crippen LogP contribution in [0.3, 0.4) is 0 Å². The summed E-state index contributed by atoms with van der Waals surface area (Å²) in [7, 11) is 0. The average molecular weight is 333 g/mol. The quantitative estimate of drug-likeness (QED) is 0.625. The third-order valence-electron chi connectivity index (χ3n) is 2.28. The normalized spacial score (nSPS) is 24.2. The van der Waals surface area contributed by atoms with Gasteiger partial charge in [0.2, 0.25) is 0 Å². The fourth-order valence-electron chi connectivity index (χ4n) is 1.48. The van der Waals surface area contributed by atoms with Crippen molar-refractivity contribution in [1.29, 1.82) is 0 Å². The second-order valence-electron chi connectivity index (χ2n) is 3.44. The maximum atomic E-state index is 12.9. The number of carbonyl (C=O) groups excluding carboxylic acids is 1. The number of ketones is 1. The molecule has 6 heteroatoms. The molecule has 0 radical (unpaired) electrons. The summed E-state index contributed by atoms with van der Waals surface area (Å²) >= 11 is 2.06. The largest absolute Gasteiger partial charge is 0.297 e. The van der Waals surface area contributed by atoms with E-state index in [1.165, 1.54) is 29.5 Å². The number of aromatic nitrogens is 3. The Labute approximate surface area is 105 Å². The molecule has 1 aliphatic rings. The van der Waals surface area contributed by atoms with Crippen molar-refractivity contribution in [2.45, 2.75) is 10.5 Å². The van der Waals surface area contributed by atoms with E-state index in [1.807, 2.05) is 0 Å². The highest BCUT2D eigenvalue weighted by atomic mass is 127. The topological polar surface area (TPSA) is 47.8 Å². The summed E-state index contributed by atoms with van der Waals surface area (Å²) in [4.78, 5) is 15.6. The maximum absolute atomic E-state index is 12.9. The highest BCUT2D eigenvalue weighted by Crippen LogP contribution is 2.25. The van der Waals surface area contributed by atoms with E-state index in [0.29, 0.717) is 0 Å². The second-order valence-corrected chi connectivity index (χ2v) is 4.88. The van der Waals surface area contributed by atoms with Gasteiger partial charge in [0, 0.05) is 3.92 Å². The zero-order chi connectivity index (χ0) is 11.5. The van der Waals surface area contributed by atoms with E-state index in [9.17, 15) is 9.18 Å². The lowest BCUT2D eigenvalue weighted by Crippen LogP contribution is -2.26. The molecule has 1 aromatic heterocycles. The molecule has 2 atom stereocenters. The van der Waals surface area contributed by atoms with Gasteiger partial charge in [-0.25, -0.2) is 14.1 Å². The first-order chi connectivity index (χ1) is 7.66. The number of hydrogen-bond donors (Lipinski definition) is 0. The first-order valence-electron chi connectivity index (χ1n) is 4.71. The molecule has 2 rings (SSSR count). The van der Waals surface area contributed by atoms with Crippen LogP contribution in [0.5, 0.6) is 0 Å². The monoisotopic (exact) mass is 333 g/mol. The Morgan fingerprint density at radius 2 is 2.44 bits per heavy atom. The predicted octanol–water partition coefficient (Wildman–Crippen LogP) is 1.69. The van der Waals surface area contributed by atoms with Crippen molar-refractivity contribution in [1.82, 2.24) is 14.8 Å². The third kappa shape index (κ3) is 2.55. The van der Waals surface area contributed by atoms with Crippen molar-refractivity contribution in [3.8, 4) is 0 Å². The molecule has 0 aromatic carbocycles. The van der Waals surface area contributed by atoms with Gasteiger partial charge in [0.1, 0.15) is 25.0 Å². The van der Waals surface area contributed by atoms with Crippen molar-refractivity contribution in [3.63, 3.8) is 0 Å². The number of allylic oxidation sites excluding steroid dienone is 4. The molecule has 0 aliphatic heterocycles. The van der Waals surface area contributed by atoms with E-state index in [-0.39, 0.29) is 28.0 Å². The smallest absolute Gasteiger partial charge is 0.162 e. The molecular formula is C10H9FIN3O. The van der Waals surface area contributed by atoms with Crippen molar-refractivity contribution in [2.75, 3.05) is 0 Å². The minimum Gasteiger partial charge on any atom is -0.297 e. The summed E-state index contributed by atoms with van der Waals surface area (Å²) in [5, 5.41) is 3.86. The Balaban J connectivity index is 2.04. The van der Waals surface area contributed by atoms with Crippen LogP contribution >= 0.6 is 22.6 Å². The first-order valence-corrected chi connectivity index (χ1v) is 5.96. The van der Waals surface area contributed by atoms with Crippen molar-refractivity contribution in [3.05, 3.63) is 36.7 Å². The van der Waals surface area contributed by atoms with Gasteiger partial charge in [-0.2, -0.15) is 5.10 Å². The van der Waals surface area contributed by atoms with Crippen LogP contribution in [0.15, 0.2) is 36.7 Å². The molecule has 0 fully saturated rings. The van der Waals surface area contributed by atoms with Gasteiger partial charge >= 0.3 is 0 Å². The Morgan fingerprint density at radius 1 is 1.62 bits per heavy atom. The van der Waals surface area contributed by atoms with E-state index in [0.717, 1.165) is 0 Å². The second kappa shape index (κ2) is 4.86. The Morgan fingerprint density at radius 3 is 3.06 bits per heavy atom. The number of hydrogen-bond acceptors (Lipinski definition) is 3. The summed E-state index contributed by atoms with van der Waals surface area (Å²) in [5.41, 5.74) is 0. The molecule has 0 bridgehead atoms. The summed E-state index contributed by atoms with van der Waals surface area (Å²) < 4.78 is 14.2. The Kier molecular flexibility index (Phi) is 3.47. The van der Waals surface area contributed by atoms with Crippen LogP contribution in [0.4, 0.5) is 4.39 Å². The molecule has 4 nitrogen and oxygen atoms in total.